The molecule has 3 rings (SSSR count). The highest BCUT2D eigenvalue weighted by Crippen LogP contribution is 2.43. The summed E-state index contributed by atoms with van der Waals surface area (Å²) >= 11 is 6.05. The topological polar surface area (TPSA) is 92.2 Å². The van der Waals surface area contributed by atoms with E-state index in [9.17, 15) is 10.2 Å². The third-order valence-corrected chi connectivity index (χ3v) is 9.25. The SMILES string of the molecule is CCCCCCC(C)N1C(=S)NC(Nc2cc(C(C)(C)C)c(O)c(C(C)(C)C)c2)=NC1Nc1cc(C(C)(C)C)c(O)c(C(C)(C)C)c1. The largest absolute Gasteiger partial charge is 0.507 e. The monoisotopic (exact) mass is 665 g/mol. The summed E-state index contributed by atoms with van der Waals surface area (Å²) in [4.78, 5) is 7.34. The minimum absolute atomic E-state index is 0.143. The Morgan fingerprint density at radius 1 is 0.745 bits per heavy atom. The number of phenolic OH excluding ortho intramolecular Hbond substituents is 2. The van der Waals surface area contributed by atoms with E-state index in [2.05, 4.69) is 118 Å². The zero-order chi connectivity index (χ0) is 35.7. The van der Waals surface area contributed by atoms with Crippen LogP contribution in [0.2, 0.25) is 0 Å². The Bertz CT molecular complexity index is 1380. The van der Waals surface area contributed by atoms with E-state index in [-0.39, 0.29) is 27.7 Å². The molecule has 0 aliphatic carbocycles. The van der Waals surface area contributed by atoms with Crippen molar-refractivity contribution in [1.29, 1.82) is 0 Å². The van der Waals surface area contributed by atoms with Crippen LogP contribution in [-0.2, 0) is 21.7 Å². The molecule has 0 radical (unpaired) electrons. The number of nitrogens with zero attached hydrogens (tertiary/aromatic N) is 2. The van der Waals surface area contributed by atoms with Crippen LogP contribution in [0.1, 0.15) is 151 Å². The Hall–Kier alpha value is -3.00. The van der Waals surface area contributed by atoms with Crippen LogP contribution in [0.5, 0.6) is 11.5 Å². The second-order valence-corrected chi connectivity index (χ2v) is 17.9. The second-order valence-electron chi connectivity index (χ2n) is 17.5. The smallest absolute Gasteiger partial charge is 0.205 e. The molecular weight excluding hydrogens is 603 g/mol. The van der Waals surface area contributed by atoms with Crippen molar-refractivity contribution in [2.45, 2.75) is 163 Å². The van der Waals surface area contributed by atoms with Gasteiger partial charge in [-0.15, -0.1) is 0 Å². The molecule has 2 unspecified atom stereocenters. The van der Waals surface area contributed by atoms with Crippen molar-refractivity contribution in [2.24, 2.45) is 4.99 Å². The van der Waals surface area contributed by atoms with Gasteiger partial charge < -0.3 is 31.1 Å². The summed E-state index contributed by atoms with van der Waals surface area (Å²) < 4.78 is 0. The zero-order valence-electron chi connectivity index (χ0n) is 31.7. The average molecular weight is 666 g/mol. The van der Waals surface area contributed by atoms with Gasteiger partial charge in [-0.3, -0.25) is 0 Å². The molecule has 262 valence electrons. The highest BCUT2D eigenvalue weighted by molar-refractivity contribution is 7.80. The first kappa shape index (κ1) is 38.4. The first-order valence-corrected chi connectivity index (χ1v) is 17.8. The highest BCUT2D eigenvalue weighted by atomic mass is 32.1. The van der Waals surface area contributed by atoms with E-state index >= 15 is 0 Å². The summed E-state index contributed by atoms with van der Waals surface area (Å²) in [5, 5.41) is 33.9. The molecule has 2 aromatic rings. The molecule has 47 heavy (non-hydrogen) atoms. The third-order valence-electron chi connectivity index (χ3n) is 8.94. The maximum absolute atomic E-state index is 11.4. The molecule has 7 nitrogen and oxygen atoms in total. The standard InChI is InChI=1S/C39H63N5O2S/c1-15-16-17-18-19-24(2)44-34(41-26-22-29(38(9,10)11)32(46)30(23-26)39(12,13)14)42-33(43-35(44)47)40-25-20-27(36(3,4)5)31(45)28(21-25)37(6,7)8/h20-24,34,41,45-46H,15-19H2,1-14H3,(H2,40,42,43,47). The fourth-order valence-corrected chi connectivity index (χ4v) is 6.48. The molecule has 0 bridgehead atoms. The molecular formula is C39H63N5O2S. The number of guanidine groups is 1. The zero-order valence-corrected chi connectivity index (χ0v) is 32.5. The lowest BCUT2D eigenvalue weighted by atomic mass is 9.79. The number of aromatic hydroxyl groups is 2. The van der Waals surface area contributed by atoms with E-state index in [4.69, 9.17) is 17.2 Å². The first-order valence-electron chi connectivity index (χ1n) is 17.4. The maximum atomic E-state index is 11.4. The molecule has 1 aliphatic heterocycles. The number of benzene rings is 2. The first-order chi connectivity index (χ1) is 21.4. The van der Waals surface area contributed by atoms with Gasteiger partial charge >= 0.3 is 0 Å². The van der Waals surface area contributed by atoms with Gasteiger partial charge in [0.2, 0.25) is 12.2 Å². The van der Waals surface area contributed by atoms with Gasteiger partial charge in [0.1, 0.15) is 11.5 Å². The fraction of sp³-hybridized carbons (Fsp3) is 0.641. The second kappa shape index (κ2) is 14.2. The molecule has 8 heteroatoms. The van der Waals surface area contributed by atoms with Crippen molar-refractivity contribution >= 4 is 34.7 Å². The van der Waals surface area contributed by atoms with E-state index < -0.39 is 6.29 Å². The minimum Gasteiger partial charge on any atom is -0.507 e. The molecule has 0 fully saturated rings. The summed E-state index contributed by atoms with van der Waals surface area (Å²) in [5.41, 5.74) is 4.19. The molecule has 0 saturated heterocycles. The molecule has 2 aromatic carbocycles. The van der Waals surface area contributed by atoms with Crippen molar-refractivity contribution in [1.82, 2.24) is 10.2 Å². The van der Waals surface area contributed by atoms with Gasteiger partial charge in [0.15, 0.2) is 5.11 Å². The van der Waals surface area contributed by atoms with Gasteiger partial charge in [0.25, 0.3) is 0 Å². The highest BCUT2D eigenvalue weighted by Gasteiger charge is 2.33. The van der Waals surface area contributed by atoms with Crippen molar-refractivity contribution in [3.05, 3.63) is 46.5 Å². The van der Waals surface area contributed by atoms with Crippen molar-refractivity contribution in [2.75, 3.05) is 10.6 Å². The van der Waals surface area contributed by atoms with Crippen LogP contribution in [0.3, 0.4) is 0 Å². The van der Waals surface area contributed by atoms with E-state index in [0.29, 0.717) is 22.6 Å². The van der Waals surface area contributed by atoms with Crippen molar-refractivity contribution in [3.63, 3.8) is 0 Å². The van der Waals surface area contributed by atoms with Gasteiger partial charge in [-0.2, -0.15) is 0 Å². The third kappa shape index (κ3) is 9.55. The average Bonchev–Trinajstić information content (AvgIpc) is 2.90. The number of phenols is 2. The summed E-state index contributed by atoms with van der Waals surface area (Å²) in [6, 6.07) is 8.26. The molecule has 5 N–H and O–H groups in total. The lowest BCUT2D eigenvalue weighted by Gasteiger charge is -2.41. The predicted molar refractivity (Wildman–Crippen MR) is 205 cm³/mol. The van der Waals surface area contributed by atoms with Crippen LogP contribution < -0.4 is 16.0 Å². The Morgan fingerprint density at radius 2 is 1.17 bits per heavy atom. The summed E-state index contributed by atoms with van der Waals surface area (Å²) in [6.07, 6.45) is 5.24. The summed E-state index contributed by atoms with van der Waals surface area (Å²) in [5.74, 6) is 1.22. The predicted octanol–water partition coefficient (Wildman–Crippen LogP) is 10.0. The van der Waals surface area contributed by atoms with Gasteiger partial charge in [-0.1, -0.05) is 116 Å². The number of rotatable bonds is 9. The van der Waals surface area contributed by atoms with Crippen molar-refractivity contribution < 1.29 is 10.2 Å². The lowest BCUT2D eigenvalue weighted by Crippen LogP contribution is -2.59. The van der Waals surface area contributed by atoms with Crippen LogP contribution >= 0.6 is 12.2 Å². The number of hydrogen-bond acceptors (Lipinski definition) is 6. The van der Waals surface area contributed by atoms with Gasteiger partial charge in [0.05, 0.1) is 0 Å². The van der Waals surface area contributed by atoms with Gasteiger partial charge in [-0.05, 0) is 71.5 Å². The number of thiocarbonyl (C=S) groups is 1. The van der Waals surface area contributed by atoms with Crippen LogP contribution in [0.4, 0.5) is 11.4 Å². The Labute approximate surface area is 291 Å². The van der Waals surface area contributed by atoms with E-state index in [1.54, 1.807) is 0 Å². The van der Waals surface area contributed by atoms with Crippen LogP contribution in [0.25, 0.3) is 0 Å². The number of hydrogen-bond donors (Lipinski definition) is 5. The van der Waals surface area contributed by atoms with Crippen molar-refractivity contribution in [3.8, 4) is 11.5 Å². The molecule has 1 heterocycles. The molecule has 0 amide bonds. The molecule has 2 atom stereocenters. The Morgan fingerprint density at radius 3 is 1.57 bits per heavy atom. The Kier molecular flexibility index (Phi) is 11.6. The number of anilines is 2. The molecule has 1 aliphatic rings. The Balaban J connectivity index is 2.13. The van der Waals surface area contributed by atoms with E-state index in [0.717, 1.165) is 46.5 Å². The van der Waals surface area contributed by atoms with Crippen LogP contribution in [0.15, 0.2) is 29.3 Å². The summed E-state index contributed by atoms with van der Waals surface area (Å²) in [6.45, 7) is 29.8. The number of nitrogens with one attached hydrogen (secondary N) is 3. The lowest BCUT2D eigenvalue weighted by molar-refractivity contribution is 0.251. The fourth-order valence-electron chi connectivity index (χ4n) is 6.10. The maximum Gasteiger partial charge on any atom is 0.205 e. The van der Waals surface area contributed by atoms with E-state index in [1.807, 2.05) is 24.3 Å². The normalized spacial score (nSPS) is 16.9. The summed E-state index contributed by atoms with van der Waals surface area (Å²) in [7, 11) is 0. The minimum atomic E-state index is -0.487. The number of unbranched alkanes of at least 4 members (excludes halogenated alkanes) is 3. The van der Waals surface area contributed by atoms with Gasteiger partial charge in [0, 0.05) is 39.7 Å². The molecule has 0 saturated carbocycles. The van der Waals surface area contributed by atoms with Crippen LogP contribution in [0, 0.1) is 0 Å². The quantitative estimate of drug-likeness (QED) is 0.103. The number of aliphatic imine (C=N–C) groups is 1. The molecule has 0 spiro atoms. The molecule has 0 aromatic heterocycles. The van der Waals surface area contributed by atoms with Crippen LogP contribution in [-0.4, -0.2) is 38.5 Å². The van der Waals surface area contributed by atoms with Gasteiger partial charge in [-0.25, -0.2) is 4.99 Å². The van der Waals surface area contributed by atoms with E-state index in [1.165, 1.54) is 19.3 Å².